The smallest absolute Gasteiger partial charge is 0.251 e. The van der Waals surface area contributed by atoms with Gasteiger partial charge in [-0.15, -0.1) is 0 Å². The molecule has 2 fully saturated rings. The number of nitrogens with one attached hydrogen (secondary N) is 3. The molecule has 0 spiro atoms. The molecule has 1 aliphatic carbocycles. The maximum atomic E-state index is 13.6. The number of carbonyl (C=O) groups is 2. The molecule has 2 aromatic rings. The van der Waals surface area contributed by atoms with Crippen LogP contribution in [-0.2, 0) is 4.79 Å². The van der Waals surface area contributed by atoms with Gasteiger partial charge in [0.25, 0.3) is 5.91 Å². The Morgan fingerprint density at radius 3 is 2.54 bits per heavy atom. The molecular weight excluding hydrogens is 488 g/mol. The van der Waals surface area contributed by atoms with Crippen molar-refractivity contribution < 1.29 is 14.3 Å². The lowest BCUT2D eigenvalue weighted by atomic mass is 9.83. The summed E-state index contributed by atoms with van der Waals surface area (Å²) in [6.45, 7) is 4.57. The Labute approximate surface area is 232 Å². The van der Waals surface area contributed by atoms with E-state index in [2.05, 4.69) is 36.6 Å². The van der Waals surface area contributed by atoms with E-state index in [-0.39, 0.29) is 35.4 Å². The number of hydrogen-bond acceptors (Lipinski definition) is 4. The summed E-state index contributed by atoms with van der Waals surface area (Å²) in [5.74, 6) is 1.26. The Morgan fingerprint density at radius 1 is 1.10 bits per heavy atom. The van der Waals surface area contributed by atoms with Crippen LogP contribution in [0, 0.1) is 11.3 Å². The molecule has 39 heavy (non-hydrogen) atoms. The lowest BCUT2D eigenvalue weighted by Crippen LogP contribution is -2.62. The van der Waals surface area contributed by atoms with E-state index >= 15 is 0 Å². The van der Waals surface area contributed by atoms with Crippen LogP contribution >= 0.6 is 0 Å². The third-order valence-corrected chi connectivity index (χ3v) is 9.13. The molecule has 0 aromatic heterocycles. The highest BCUT2D eigenvalue weighted by molar-refractivity contribution is 6.00. The maximum Gasteiger partial charge on any atom is 0.251 e. The summed E-state index contributed by atoms with van der Waals surface area (Å²) in [5.41, 5.74) is 2.10. The number of fused-ring (bicyclic) bond motifs is 1. The highest BCUT2D eigenvalue weighted by Gasteiger charge is 2.43. The van der Waals surface area contributed by atoms with Crippen molar-refractivity contribution >= 4 is 17.8 Å². The second-order valence-corrected chi connectivity index (χ2v) is 11.5. The lowest BCUT2D eigenvalue weighted by molar-refractivity contribution is -0.133. The molecule has 2 amide bonds. The quantitative estimate of drug-likeness (QED) is 0.375. The number of carbonyl (C=O) groups excluding carboxylic acids is 2. The summed E-state index contributed by atoms with van der Waals surface area (Å²) < 4.78 is 5.92. The average molecular weight is 531 g/mol. The van der Waals surface area contributed by atoms with Gasteiger partial charge in [0.2, 0.25) is 5.91 Å². The van der Waals surface area contributed by atoms with Crippen LogP contribution in [0.1, 0.15) is 112 Å². The van der Waals surface area contributed by atoms with Gasteiger partial charge in [-0.1, -0.05) is 76.3 Å². The summed E-state index contributed by atoms with van der Waals surface area (Å²) >= 11 is 0. The minimum absolute atomic E-state index is 0.0493. The first-order valence-electron chi connectivity index (χ1n) is 14.7. The Hall–Kier alpha value is -3.35. The van der Waals surface area contributed by atoms with Crippen molar-refractivity contribution in [2.45, 2.75) is 95.7 Å². The first kappa shape index (κ1) is 27.2. The van der Waals surface area contributed by atoms with Crippen LogP contribution < -0.4 is 15.4 Å². The van der Waals surface area contributed by atoms with Gasteiger partial charge in [0.1, 0.15) is 5.75 Å². The Balaban J connectivity index is 1.38. The van der Waals surface area contributed by atoms with E-state index in [9.17, 15) is 9.59 Å². The van der Waals surface area contributed by atoms with Crippen molar-refractivity contribution in [1.29, 1.82) is 5.41 Å². The topological polar surface area (TPSA) is 94.5 Å². The summed E-state index contributed by atoms with van der Waals surface area (Å²) in [6.07, 6.45) is 9.72. The van der Waals surface area contributed by atoms with Gasteiger partial charge in [0, 0.05) is 23.1 Å². The van der Waals surface area contributed by atoms with E-state index in [4.69, 9.17) is 10.1 Å². The molecule has 5 rings (SSSR count). The van der Waals surface area contributed by atoms with Crippen LogP contribution in [0.15, 0.2) is 48.5 Å². The van der Waals surface area contributed by atoms with E-state index in [1.165, 1.54) is 32.1 Å². The Kier molecular flexibility index (Phi) is 8.24. The fourth-order valence-electron chi connectivity index (χ4n) is 6.61. The molecule has 2 aromatic carbocycles. The van der Waals surface area contributed by atoms with Gasteiger partial charge in [0.05, 0.1) is 25.1 Å². The third-order valence-electron chi connectivity index (χ3n) is 9.13. The highest BCUT2D eigenvalue weighted by Crippen LogP contribution is 2.40. The van der Waals surface area contributed by atoms with E-state index in [1.54, 1.807) is 11.0 Å². The average Bonchev–Trinajstić information content (AvgIpc) is 2.97. The van der Waals surface area contributed by atoms with E-state index in [0.717, 1.165) is 30.4 Å². The number of amides is 2. The molecule has 1 saturated carbocycles. The lowest BCUT2D eigenvalue weighted by Gasteiger charge is -2.45. The first-order valence-corrected chi connectivity index (χ1v) is 14.7. The molecule has 208 valence electrons. The van der Waals surface area contributed by atoms with Crippen molar-refractivity contribution in [3.05, 3.63) is 65.2 Å². The van der Waals surface area contributed by atoms with Gasteiger partial charge in [0.15, 0.2) is 5.96 Å². The van der Waals surface area contributed by atoms with E-state index < -0.39 is 0 Å². The number of benzene rings is 2. The molecule has 3 aliphatic rings. The SMILES string of the molecule is CCC1(CC)CC(=O)N([C@@H]2CCOc3ccc(C(=O)NC(CC4CCCCC4)c4ccccc4)cc32)C(=N)N1. The molecule has 0 bridgehead atoms. The zero-order chi connectivity index (χ0) is 27.4. The molecule has 3 N–H and O–H groups in total. The fourth-order valence-corrected chi connectivity index (χ4v) is 6.61. The van der Waals surface area contributed by atoms with Crippen molar-refractivity contribution in [2.75, 3.05) is 6.61 Å². The van der Waals surface area contributed by atoms with Gasteiger partial charge in [-0.2, -0.15) is 0 Å². The van der Waals surface area contributed by atoms with Crippen LogP contribution in [0.3, 0.4) is 0 Å². The number of guanidine groups is 1. The number of ether oxygens (including phenoxy) is 1. The van der Waals surface area contributed by atoms with Gasteiger partial charge in [-0.25, -0.2) is 0 Å². The largest absolute Gasteiger partial charge is 0.493 e. The molecule has 2 aliphatic heterocycles. The molecule has 0 radical (unpaired) electrons. The summed E-state index contributed by atoms with van der Waals surface area (Å²) in [6, 6.07) is 15.4. The van der Waals surface area contributed by atoms with Crippen LogP contribution in [-0.4, -0.2) is 34.8 Å². The fraction of sp³-hybridized carbons (Fsp3) is 0.531. The highest BCUT2D eigenvalue weighted by atomic mass is 16.5. The standard InChI is InChI=1S/C32H42N4O3/c1-3-32(4-2)21-29(37)36(31(33)35-32)27-17-18-39-28-16-15-24(20-25(27)28)30(38)34-26(23-13-9-6-10-14-23)19-22-11-7-5-8-12-22/h6,9-10,13-16,20,22,26-27H,3-5,7-8,11-12,17-19,21H2,1-2H3,(H2,33,35)(H,34,38)/t26?,27-/m1/s1. The molecule has 1 saturated heterocycles. The minimum Gasteiger partial charge on any atom is -0.493 e. The van der Waals surface area contributed by atoms with Crippen molar-refractivity contribution in [1.82, 2.24) is 15.5 Å². The van der Waals surface area contributed by atoms with Gasteiger partial charge < -0.3 is 15.4 Å². The van der Waals surface area contributed by atoms with Crippen molar-refractivity contribution in [2.24, 2.45) is 5.92 Å². The summed E-state index contributed by atoms with van der Waals surface area (Å²) in [5, 5.41) is 15.4. The number of rotatable bonds is 8. The maximum absolute atomic E-state index is 13.6. The predicted molar refractivity (Wildman–Crippen MR) is 153 cm³/mol. The van der Waals surface area contributed by atoms with Crippen LogP contribution in [0.5, 0.6) is 5.75 Å². The molecule has 2 atom stereocenters. The summed E-state index contributed by atoms with van der Waals surface area (Å²) in [4.78, 5) is 28.6. The minimum atomic E-state index is -0.370. The number of hydrogen-bond donors (Lipinski definition) is 3. The van der Waals surface area contributed by atoms with E-state index in [0.29, 0.717) is 36.7 Å². The Bertz CT molecular complexity index is 1170. The predicted octanol–water partition coefficient (Wildman–Crippen LogP) is 6.27. The summed E-state index contributed by atoms with van der Waals surface area (Å²) in [7, 11) is 0. The van der Waals surface area contributed by atoms with Gasteiger partial charge >= 0.3 is 0 Å². The van der Waals surface area contributed by atoms with Crippen LogP contribution in [0.25, 0.3) is 0 Å². The molecular formula is C32H42N4O3. The van der Waals surface area contributed by atoms with Gasteiger partial charge in [-0.3, -0.25) is 19.9 Å². The zero-order valence-corrected chi connectivity index (χ0v) is 23.3. The second-order valence-electron chi connectivity index (χ2n) is 11.5. The van der Waals surface area contributed by atoms with Crippen molar-refractivity contribution in [3.63, 3.8) is 0 Å². The monoisotopic (exact) mass is 530 g/mol. The molecule has 7 heteroatoms. The van der Waals surface area contributed by atoms with E-state index in [1.807, 2.05) is 30.3 Å². The Morgan fingerprint density at radius 2 is 1.85 bits per heavy atom. The first-order chi connectivity index (χ1) is 18.9. The normalized spacial score (nSPS) is 21.9. The molecule has 2 heterocycles. The third kappa shape index (κ3) is 5.82. The molecule has 7 nitrogen and oxygen atoms in total. The van der Waals surface area contributed by atoms with Crippen molar-refractivity contribution in [3.8, 4) is 5.75 Å². The number of nitrogens with zero attached hydrogens (tertiary/aromatic N) is 1. The van der Waals surface area contributed by atoms with Gasteiger partial charge in [-0.05, 0) is 48.9 Å². The van der Waals surface area contributed by atoms with Crippen LogP contribution in [0.2, 0.25) is 0 Å². The molecule has 1 unspecified atom stereocenters. The second kappa shape index (κ2) is 11.8. The van der Waals surface area contributed by atoms with Crippen LogP contribution in [0.4, 0.5) is 0 Å². The zero-order valence-electron chi connectivity index (χ0n) is 23.3.